The van der Waals surface area contributed by atoms with Crippen LogP contribution in [-0.2, 0) is 22.9 Å². The van der Waals surface area contributed by atoms with E-state index in [1.165, 1.54) is 33.6 Å². The van der Waals surface area contributed by atoms with Crippen molar-refractivity contribution in [3.63, 3.8) is 0 Å². The second kappa shape index (κ2) is 9.67. The summed E-state index contributed by atoms with van der Waals surface area (Å²) in [6.07, 6.45) is 2.69. The lowest BCUT2D eigenvalue weighted by Gasteiger charge is -2.36. The Labute approximate surface area is 210 Å². The third kappa shape index (κ3) is 4.62. The number of benzene rings is 2. The lowest BCUT2D eigenvalue weighted by atomic mass is 10.1. The second-order valence-corrected chi connectivity index (χ2v) is 11.9. The maximum Gasteiger partial charge on any atom is 0.316 e. The quantitative estimate of drug-likeness (QED) is 0.505. The number of nitrogens with zero attached hydrogens (tertiary/aromatic N) is 4. The van der Waals surface area contributed by atoms with Crippen molar-refractivity contribution < 1.29 is 17.5 Å². The molecule has 1 saturated heterocycles. The molecular weight excluding hydrogens is 483 g/mol. The van der Waals surface area contributed by atoms with Crippen molar-refractivity contribution in [2.75, 3.05) is 31.1 Å². The molecule has 0 saturated carbocycles. The van der Waals surface area contributed by atoms with Crippen LogP contribution in [0.25, 0.3) is 5.69 Å². The molecule has 36 heavy (non-hydrogen) atoms. The van der Waals surface area contributed by atoms with Gasteiger partial charge in [0.25, 0.3) is 0 Å². The first kappa shape index (κ1) is 24.5. The first-order chi connectivity index (χ1) is 17.2. The summed E-state index contributed by atoms with van der Waals surface area (Å²) in [5, 5.41) is 3.82. The summed E-state index contributed by atoms with van der Waals surface area (Å²) >= 11 is 0. The van der Waals surface area contributed by atoms with E-state index in [0.717, 1.165) is 4.68 Å². The highest BCUT2D eigenvalue weighted by molar-refractivity contribution is 7.89. The minimum Gasteiger partial charge on any atom is -0.482 e. The molecule has 0 bridgehead atoms. The molecule has 8 nitrogen and oxygen atoms in total. The minimum atomic E-state index is -3.36. The Kier molecular flexibility index (Phi) is 6.57. The summed E-state index contributed by atoms with van der Waals surface area (Å²) in [4.78, 5) is 15.6. The van der Waals surface area contributed by atoms with Crippen molar-refractivity contribution in [3.05, 3.63) is 82.0 Å². The number of sulfonamides is 1. The predicted molar refractivity (Wildman–Crippen MR) is 136 cm³/mol. The molecule has 0 radical (unpaired) electrons. The van der Waals surface area contributed by atoms with Crippen LogP contribution >= 0.6 is 0 Å². The van der Waals surface area contributed by atoms with Gasteiger partial charge in [0, 0.05) is 39.0 Å². The normalized spacial score (nSPS) is 16.9. The van der Waals surface area contributed by atoms with Gasteiger partial charge in [-0.25, -0.2) is 12.8 Å². The lowest BCUT2D eigenvalue weighted by molar-refractivity contribution is 0.209. The summed E-state index contributed by atoms with van der Waals surface area (Å²) in [5.41, 5.74) is 2.72. The number of halogens is 1. The van der Waals surface area contributed by atoms with Crippen LogP contribution in [0.4, 0.5) is 10.1 Å². The van der Waals surface area contributed by atoms with Gasteiger partial charge in [-0.15, -0.1) is 0 Å². The van der Waals surface area contributed by atoms with Gasteiger partial charge in [0.05, 0.1) is 17.1 Å². The molecule has 0 spiro atoms. The smallest absolute Gasteiger partial charge is 0.316 e. The number of anilines is 1. The van der Waals surface area contributed by atoms with Crippen LogP contribution in [0.3, 0.4) is 0 Å². The number of aromatic nitrogens is 2. The van der Waals surface area contributed by atoms with E-state index in [4.69, 9.17) is 4.74 Å². The topological polar surface area (TPSA) is 84.7 Å². The summed E-state index contributed by atoms with van der Waals surface area (Å²) in [7, 11) is -3.36. The molecule has 10 heteroatoms. The molecule has 1 fully saturated rings. The third-order valence-corrected chi connectivity index (χ3v) is 9.08. The maximum absolute atomic E-state index is 13.9. The van der Waals surface area contributed by atoms with Crippen molar-refractivity contribution in [1.29, 1.82) is 0 Å². The fourth-order valence-electron chi connectivity index (χ4n) is 4.81. The van der Waals surface area contributed by atoms with Gasteiger partial charge in [0.1, 0.15) is 17.6 Å². The largest absolute Gasteiger partial charge is 0.482 e. The average Bonchev–Trinajstić information content (AvgIpc) is 3.28. The van der Waals surface area contributed by atoms with Gasteiger partial charge in [-0.2, -0.15) is 14.1 Å². The molecule has 2 heterocycles. The highest BCUT2D eigenvalue weighted by Gasteiger charge is 2.32. The van der Waals surface area contributed by atoms with Gasteiger partial charge < -0.3 is 9.64 Å². The average molecular weight is 513 g/mol. The molecule has 0 atom stereocenters. The van der Waals surface area contributed by atoms with Gasteiger partial charge in [0.2, 0.25) is 15.8 Å². The number of ether oxygens (including phenoxy) is 1. The Balaban J connectivity index is 1.47. The van der Waals surface area contributed by atoms with E-state index >= 15 is 0 Å². The van der Waals surface area contributed by atoms with E-state index in [2.05, 4.69) is 17.2 Å². The summed E-state index contributed by atoms with van der Waals surface area (Å²) < 4.78 is 48.1. The molecular formula is C26H29FN4O4S. The van der Waals surface area contributed by atoms with Crippen LogP contribution in [0.5, 0.6) is 5.75 Å². The van der Waals surface area contributed by atoms with Crippen molar-refractivity contribution in [3.8, 4) is 11.4 Å². The number of rotatable bonds is 6. The van der Waals surface area contributed by atoms with E-state index in [1.807, 2.05) is 17.0 Å². The van der Waals surface area contributed by atoms with E-state index in [9.17, 15) is 17.6 Å². The number of fused-ring (bicyclic) bond motifs is 1. The van der Waals surface area contributed by atoms with Crippen LogP contribution in [-0.4, -0.2) is 60.0 Å². The van der Waals surface area contributed by atoms with Gasteiger partial charge in [-0.3, -0.25) is 4.79 Å². The zero-order chi connectivity index (χ0) is 25.4. The van der Waals surface area contributed by atoms with Gasteiger partial charge in [-0.1, -0.05) is 30.3 Å². The molecule has 3 aromatic rings. The second-order valence-electron chi connectivity index (χ2n) is 9.45. The monoisotopic (exact) mass is 512 g/mol. The summed E-state index contributed by atoms with van der Waals surface area (Å²) in [5.74, 6) is -0.325. The van der Waals surface area contributed by atoms with Gasteiger partial charge in [-0.05, 0) is 43.2 Å². The number of hydrogen-bond donors (Lipinski definition) is 0. The fraction of sp³-hybridized carbons (Fsp3) is 0.385. The van der Waals surface area contributed by atoms with Crippen LogP contribution in [0, 0.1) is 5.82 Å². The van der Waals surface area contributed by atoms with Gasteiger partial charge >= 0.3 is 5.56 Å². The first-order valence-electron chi connectivity index (χ1n) is 12.1. The Hall–Kier alpha value is -3.24. The Morgan fingerprint density at radius 3 is 2.28 bits per heavy atom. The predicted octanol–water partition coefficient (Wildman–Crippen LogP) is 2.78. The van der Waals surface area contributed by atoms with Crippen molar-refractivity contribution in [2.45, 2.75) is 38.0 Å². The van der Waals surface area contributed by atoms with Gasteiger partial charge in [0.15, 0.2) is 0 Å². The molecule has 1 aliphatic carbocycles. The molecule has 0 N–H and O–H groups in total. The standard InChI is InChI=1S/C26H29FN4O4S/c1-18(2)36(33,34)30-12-10-29(11-13-30)24-17-28-31(22-9-5-8-21(27)16-22)26(32)25(24)35-23-14-19-6-3-4-7-20(19)15-23/h3-9,16-18,23H,10-15H2,1-2H3. The first-order valence-corrected chi connectivity index (χ1v) is 13.6. The number of hydrogen-bond acceptors (Lipinski definition) is 6. The summed E-state index contributed by atoms with van der Waals surface area (Å²) in [6.45, 7) is 4.76. The van der Waals surface area contributed by atoms with Crippen LogP contribution < -0.4 is 15.2 Å². The van der Waals surface area contributed by atoms with Crippen LogP contribution in [0.1, 0.15) is 25.0 Å². The molecule has 2 aromatic carbocycles. The molecule has 0 amide bonds. The zero-order valence-electron chi connectivity index (χ0n) is 20.3. The molecule has 1 aliphatic heterocycles. The third-order valence-electron chi connectivity index (χ3n) is 6.80. The molecule has 0 unspecified atom stereocenters. The highest BCUT2D eigenvalue weighted by atomic mass is 32.2. The Morgan fingerprint density at radius 1 is 1.00 bits per heavy atom. The lowest BCUT2D eigenvalue weighted by Crippen LogP contribution is -2.50. The SMILES string of the molecule is CC(C)S(=O)(=O)N1CCN(c2cnn(-c3cccc(F)c3)c(=O)c2OC2Cc3ccccc3C2)CC1. The minimum absolute atomic E-state index is 0.146. The fourth-order valence-corrected chi connectivity index (χ4v) is 6.08. The Morgan fingerprint density at radius 2 is 1.67 bits per heavy atom. The maximum atomic E-state index is 13.9. The van der Waals surface area contributed by atoms with E-state index < -0.39 is 26.6 Å². The van der Waals surface area contributed by atoms with E-state index in [-0.39, 0.29) is 11.9 Å². The summed E-state index contributed by atoms with van der Waals surface area (Å²) in [6, 6.07) is 13.8. The van der Waals surface area contributed by atoms with Crippen LogP contribution in [0.2, 0.25) is 0 Å². The van der Waals surface area contributed by atoms with E-state index in [0.29, 0.717) is 50.4 Å². The zero-order valence-corrected chi connectivity index (χ0v) is 21.1. The van der Waals surface area contributed by atoms with Crippen molar-refractivity contribution in [2.24, 2.45) is 0 Å². The van der Waals surface area contributed by atoms with Crippen molar-refractivity contribution in [1.82, 2.24) is 14.1 Å². The van der Waals surface area contributed by atoms with E-state index in [1.54, 1.807) is 26.1 Å². The van der Waals surface area contributed by atoms with Crippen LogP contribution in [0.15, 0.2) is 59.5 Å². The number of piperazine rings is 1. The Bertz CT molecular complexity index is 1410. The molecule has 5 rings (SSSR count). The molecule has 190 valence electrons. The highest BCUT2D eigenvalue weighted by Crippen LogP contribution is 2.31. The molecule has 1 aromatic heterocycles. The molecule has 2 aliphatic rings. The van der Waals surface area contributed by atoms with Crippen molar-refractivity contribution >= 4 is 15.7 Å².